The van der Waals surface area contributed by atoms with E-state index in [9.17, 15) is 52.7 Å². The molecule has 0 atom stereocenters. The lowest BCUT2D eigenvalue weighted by Crippen LogP contribution is -2.19. The van der Waals surface area contributed by atoms with Crippen LogP contribution in [-0.4, -0.2) is 26.9 Å². The van der Waals surface area contributed by atoms with E-state index < -0.39 is 81.5 Å². The Morgan fingerprint density at radius 3 is 1.50 bits per heavy atom. The van der Waals surface area contributed by atoms with E-state index in [-0.39, 0.29) is 6.07 Å². The first-order chi connectivity index (χ1) is 18.3. The number of methoxy groups -OCH3 is 2. The van der Waals surface area contributed by atoms with E-state index in [0.29, 0.717) is 30.3 Å². The Hall–Kier alpha value is -3.98. The summed E-state index contributed by atoms with van der Waals surface area (Å²) in [7, 11) is 1.77. The maximum absolute atomic E-state index is 13.9. The minimum Gasteiger partial charge on any atom is -0.496 e. The number of rotatable bonds is 6. The summed E-state index contributed by atoms with van der Waals surface area (Å²) in [5.74, 6) is -3.80. The van der Waals surface area contributed by atoms with Crippen LogP contribution in [0, 0.1) is 0 Å². The summed E-state index contributed by atoms with van der Waals surface area (Å²) in [6.07, 6.45) is -21.5. The quantitative estimate of drug-likeness (QED) is 0.267. The van der Waals surface area contributed by atoms with Gasteiger partial charge in [-0.2, -0.15) is 26.3 Å². The second-order valence-corrected chi connectivity index (χ2v) is 7.70. The molecule has 0 unspecified atom stereocenters. The molecule has 16 heteroatoms. The molecule has 0 N–H and O–H groups in total. The second kappa shape index (κ2) is 10.5. The first-order valence-electron chi connectivity index (χ1n) is 10.5. The van der Waals surface area contributed by atoms with Crippen LogP contribution < -0.4 is 18.9 Å². The van der Waals surface area contributed by atoms with Crippen LogP contribution in [0.2, 0.25) is 0 Å². The van der Waals surface area contributed by atoms with Crippen molar-refractivity contribution in [1.82, 2.24) is 0 Å². The smallest absolute Gasteiger partial charge is 0.496 e. The molecular weight excluding hydrogens is 580 g/mol. The zero-order chi connectivity index (χ0) is 30.3. The first-order valence-corrected chi connectivity index (χ1v) is 10.5. The molecule has 0 aliphatic carbocycles. The van der Waals surface area contributed by atoms with Crippen molar-refractivity contribution in [1.29, 1.82) is 0 Å². The normalized spacial score (nSPS) is 12.8. The number of hydrogen-bond donors (Lipinski definition) is 0. The molecule has 0 saturated carbocycles. The van der Waals surface area contributed by atoms with Gasteiger partial charge in [0.05, 0.1) is 30.9 Å². The summed E-state index contributed by atoms with van der Waals surface area (Å²) >= 11 is 0. The van der Waals surface area contributed by atoms with Gasteiger partial charge in [-0.25, -0.2) is 0 Å². The molecule has 3 aromatic carbocycles. The lowest BCUT2D eigenvalue weighted by atomic mass is 9.89. The Labute approximate surface area is 216 Å². The third kappa shape index (κ3) is 6.77. The molecule has 0 radical (unpaired) electrons. The van der Waals surface area contributed by atoms with Crippen molar-refractivity contribution in [2.45, 2.75) is 25.1 Å². The topological polar surface area (TPSA) is 36.9 Å². The highest BCUT2D eigenvalue weighted by molar-refractivity contribution is 5.90. The van der Waals surface area contributed by atoms with E-state index >= 15 is 0 Å². The van der Waals surface area contributed by atoms with Crippen molar-refractivity contribution in [2.24, 2.45) is 0 Å². The number of hydrogen-bond acceptors (Lipinski definition) is 4. The van der Waals surface area contributed by atoms with Gasteiger partial charge in [0.2, 0.25) is 0 Å². The van der Waals surface area contributed by atoms with Gasteiger partial charge in [0, 0.05) is 22.8 Å². The molecule has 0 fully saturated rings. The van der Waals surface area contributed by atoms with E-state index in [2.05, 4.69) is 9.47 Å². The molecule has 0 saturated heterocycles. The highest BCUT2D eigenvalue weighted by Crippen LogP contribution is 2.53. The van der Waals surface area contributed by atoms with E-state index in [1.165, 1.54) is 0 Å². The van der Waals surface area contributed by atoms with Crippen LogP contribution in [0.1, 0.15) is 11.1 Å². The van der Waals surface area contributed by atoms with Crippen LogP contribution in [0.25, 0.3) is 22.3 Å². The molecule has 40 heavy (non-hydrogen) atoms. The molecule has 3 rings (SSSR count). The Morgan fingerprint density at radius 1 is 0.525 bits per heavy atom. The predicted octanol–water partition coefficient (Wildman–Crippen LogP) is 8.87. The molecule has 218 valence electrons. The molecule has 0 aliphatic heterocycles. The fraction of sp³-hybridized carbons (Fsp3) is 0.250. The number of alkyl halides is 12. The lowest BCUT2D eigenvalue weighted by Gasteiger charge is -2.24. The van der Waals surface area contributed by atoms with E-state index in [1.807, 2.05) is 0 Å². The highest BCUT2D eigenvalue weighted by atomic mass is 19.4. The SMILES string of the molecule is COc1ccc(-c2c(C(F)(F)F)cccc2C(F)(F)F)c(OC)c1-c1ccc(OC(F)(F)F)cc1OC(F)(F)F. The Balaban J connectivity index is 2.46. The zero-order valence-electron chi connectivity index (χ0n) is 19.8. The van der Waals surface area contributed by atoms with Gasteiger partial charge in [0.15, 0.2) is 0 Å². The van der Waals surface area contributed by atoms with Crippen LogP contribution in [0.3, 0.4) is 0 Å². The van der Waals surface area contributed by atoms with Gasteiger partial charge < -0.3 is 18.9 Å². The van der Waals surface area contributed by atoms with Crippen molar-refractivity contribution in [2.75, 3.05) is 14.2 Å². The maximum Gasteiger partial charge on any atom is 0.573 e. The van der Waals surface area contributed by atoms with Crippen LogP contribution in [0.5, 0.6) is 23.0 Å². The minimum absolute atomic E-state index is 0.173. The Kier molecular flexibility index (Phi) is 8.05. The first kappa shape index (κ1) is 30.6. The van der Waals surface area contributed by atoms with Crippen molar-refractivity contribution >= 4 is 0 Å². The fourth-order valence-corrected chi connectivity index (χ4v) is 3.83. The second-order valence-electron chi connectivity index (χ2n) is 7.70. The van der Waals surface area contributed by atoms with E-state index in [1.54, 1.807) is 0 Å². The Morgan fingerprint density at radius 2 is 1.05 bits per heavy atom. The molecule has 0 amide bonds. The molecule has 3 aromatic rings. The number of ether oxygens (including phenoxy) is 4. The number of halogens is 12. The summed E-state index contributed by atoms with van der Waals surface area (Å²) in [5.41, 5.74) is -7.22. The average Bonchev–Trinajstić information content (AvgIpc) is 2.79. The van der Waals surface area contributed by atoms with Crippen molar-refractivity contribution in [3.63, 3.8) is 0 Å². The zero-order valence-corrected chi connectivity index (χ0v) is 19.8. The Bertz CT molecular complexity index is 1340. The van der Waals surface area contributed by atoms with Crippen LogP contribution in [0.4, 0.5) is 52.7 Å². The van der Waals surface area contributed by atoms with Crippen LogP contribution in [-0.2, 0) is 12.4 Å². The third-order valence-corrected chi connectivity index (χ3v) is 5.17. The van der Waals surface area contributed by atoms with Crippen molar-refractivity contribution in [3.8, 4) is 45.3 Å². The summed E-state index contributed by atoms with van der Waals surface area (Å²) < 4.78 is 178. The van der Waals surface area contributed by atoms with Gasteiger partial charge >= 0.3 is 25.1 Å². The van der Waals surface area contributed by atoms with Gasteiger partial charge in [-0.05, 0) is 36.4 Å². The van der Waals surface area contributed by atoms with E-state index in [0.717, 1.165) is 26.4 Å². The van der Waals surface area contributed by atoms with E-state index in [4.69, 9.17) is 9.47 Å². The summed E-state index contributed by atoms with van der Waals surface area (Å²) in [4.78, 5) is 0. The average molecular weight is 594 g/mol. The molecule has 4 nitrogen and oxygen atoms in total. The molecule has 0 heterocycles. The highest BCUT2D eigenvalue weighted by Gasteiger charge is 2.42. The van der Waals surface area contributed by atoms with Crippen molar-refractivity contribution < 1.29 is 71.6 Å². The summed E-state index contributed by atoms with van der Waals surface area (Å²) in [5, 5.41) is 0. The van der Waals surface area contributed by atoms with Crippen molar-refractivity contribution in [3.05, 3.63) is 59.7 Å². The maximum atomic E-state index is 13.9. The molecule has 0 aromatic heterocycles. The largest absolute Gasteiger partial charge is 0.573 e. The molecule has 0 spiro atoms. The lowest BCUT2D eigenvalue weighted by molar-refractivity contribution is -0.276. The number of benzene rings is 3. The monoisotopic (exact) mass is 594 g/mol. The molecule has 0 bridgehead atoms. The van der Waals surface area contributed by atoms with Gasteiger partial charge in [-0.1, -0.05) is 6.07 Å². The summed E-state index contributed by atoms with van der Waals surface area (Å²) in [6.45, 7) is 0. The van der Waals surface area contributed by atoms with Gasteiger partial charge in [-0.3, -0.25) is 0 Å². The van der Waals surface area contributed by atoms with Crippen LogP contribution in [0.15, 0.2) is 48.5 Å². The van der Waals surface area contributed by atoms with Gasteiger partial charge in [0.25, 0.3) is 0 Å². The van der Waals surface area contributed by atoms with Gasteiger partial charge in [0.1, 0.15) is 23.0 Å². The summed E-state index contributed by atoms with van der Waals surface area (Å²) in [6, 6.07) is 4.15. The van der Waals surface area contributed by atoms with Gasteiger partial charge in [-0.15, -0.1) is 26.3 Å². The minimum atomic E-state index is -5.50. The molecule has 0 aliphatic rings. The standard InChI is InChI=1S/C24H14F12O4/c1-37-16-9-8-13(18-14(21(25,26)27)4-3-5-15(18)22(28,29)30)20(38-2)19(16)12-7-6-11(39-23(31,32)33)10-17(12)40-24(34,35)36/h3-10H,1-2H3. The fourth-order valence-electron chi connectivity index (χ4n) is 3.83. The third-order valence-electron chi connectivity index (χ3n) is 5.17. The predicted molar refractivity (Wildman–Crippen MR) is 114 cm³/mol. The van der Waals surface area contributed by atoms with Crippen LogP contribution >= 0.6 is 0 Å². The molecular formula is C24H14F12O4.